The Hall–Kier alpha value is -1.28. The molecule has 1 amide bonds. The highest BCUT2D eigenvalue weighted by Crippen LogP contribution is 2.42. The molecule has 1 heterocycles. The minimum Gasteiger partial charge on any atom is -0.493 e. The predicted octanol–water partition coefficient (Wildman–Crippen LogP) is 3.30. The van der Waals surface area contributed by atoms with Crippen molar-refractivity contribution in [3.63, 3.8) is 0 Å². The first-order chi connectivity index (χ1) is 9.39. The second-order valence-electron chi connectivity index (χ2n) is 4.14. The third-order valence-corrected chi connectivity index (χ3v) is 3.58. The Morgan fingerprint density at radius 3 is 2.48 bits per heavy atom. The smallest absolute Gasteiger partial charge is 0.408 e. The molecule has 0 bridgehead atoms. The molecule has 0 saturated carbocycles. The minimum absolute atomic E-state index is 0. The van der Waals surface area contributed by atoms with Crippen LogP contribution in [0.4, 0.5) is 13.6 Å². The van der Waals surface area contributed by atoms with Gasteiger partial charge in [-0.05, 0) is 17.7 Å². The average Bonchev–Trinajstić information content (AvgIpc) is 2.41. The van der Waals surface area contributed by atoms with Crippen LogP contribution >= 0.6 is 28.3 Å². The van der Waals surface area contributed by atoms with Crippen LogP contribution in [0.2, 0.25) is 0 Å². The predicted molar refractivity (Wildman–Crippen MR) is 76.7 cm³/mol. The van der Waals surface area contributed by atoms with Crippen LogP contribution in [0.25, 0.3) is 0 Å². The van der Waals surface area contributed by atoms with Crippen molar-refractivity contribution in [1.82, 2.24) is 5.32 Å². The van der Waals surface area contributed by atoms with Crippen molar-refractivity contribution in [1.29, 1.82) is 0 Å². The molecule has 1 aromatic rings. The van der Waals surface area contributed by atoms with Gasteiger partial charge in [-0.2, -0.15) is 0 Å². The summed E-state index contributed by atoms with van der Waals surface area (Å²) in [5.41, 5.74) is 0.185. The van der Waals surface area contributed by atoms with Gasteiger partial charge in [-0.3, -0.25) is 0 Å². The SMILES string of the molecule is COc1cc(Br)c([C@@H]2NC(=O)OCC2(F)F)cc1OC.Cl. The normalized spacial score (nSPS) is 19.9. The van der Waals surface area contributed by atoms with E-state index in [-0.39, 0.29) is 18.0 Å². The molecule has 0 spiro atoms. The summed E-state index contributed by atoms with van der Waals surface area (Å²) >= 11 is 3.20. The molecule has 1 N–H and O–H groups in total. The topological polar surface area (TPSA) is 56.8 Å². The molecule has 118 valence electrons. The summed E-state index contributed by atoms with van der Waals surface area (Å²) < 4.78 is 42.6. The number of carbonyl (C=O) groups is 1. The van der Waals surface area contributed by atoms with Crippen LogP contribution in [-0.2, 0) is 4.74 Å². The zero-order chi connectivity index (χ0) is 14.9. The quantitative estimate of drug-likeness (QED) is 0.863. The number of alkyl halides is 2. The zero-order valence-corrected chi connectivity index (χ0v) is 13.5. The highest BCUT2D eigenvalue weighted by atomic mass is 79.9. The second kappa shape index (κ2) is 6.65. The Bertz CT molecular complexity index is 544. The van der Waals surface area contributed by atoms with Crippen LogP contribution in [0, 0.1) is 0 Å². The monoisotopic (exact) mass is 387 g/mol. The van der Waals surface area contributed by atoms with Gasteiger partial charge in [0, 0.05) is 4.47 Å². The van der Waals surface area contributed by atoms with E-state index >= 15 is 0 Å². The number of amides is 1. The van der Waals surface area contributed by atoms with Gasteiger partial charge in [0.1, 0.15) is 6.04 Å². The van der Waals surface area contributed by atoms with Gasteiger partial charge in [-0.25, -0.2) is 13.6 Å². The fourth-order valence-electron chi connectivity index (χ4n) is 1.91. The molecular formula is C12H13BrClF2NO4. The van der Waals surface area contributed by atoms with Gasteiger partial charge in [-0.15, -0.1) is 12.4 Å². The number of ether oxygens (including phenoxy) is 3. The summed E-state index contributed by atoms with van der Waals surface area (Å²) in [6.45, 7) is -0.968. The van der Waals surface area contributed by atoms with E-state index in [9.17, 15) is 13.6 Å². The third kappa shape index (κ3) is 3.49. The molecule has 1 fully saturated rings. The van der Waals surface area contributed by atoms with Gasteiger partial charge in [-0.1, -0.05) is 15.9 Å². The number of benzene rings is 1. The van der Waals surface area contributed by atoms with E-state index in [1.54, 1.807) is 0 Å². The summed E-state index contributed by atoms with van der Waals surface area (Å²) in [7, 11) is 2.84. The maximum absolute atomic E-state index is 13.9. The van der Waals surface area contributed by atoms with Crippen molar-refractivity contribution >= 4 is 34.4 Å². The summed E-state index contributed by atoms with van der Waals surface area (Å²) in [6, 6.07) is 1.40. The van der Waals surface area contributed by atoms with Crippen LogP contribution in [0.15, 0.2) is 16.6 Å². The second-order valence-corrected chi connectivity index (χ2v) is 5.00. The molecule has 2 rings (SSSR count). The van der Waals surface area contributed by atoms with Crippen molar-refractivity contribution < 1.29 is 27.8 Å². The van der Waals surface area contributed by atoms with Crippen LogP contribution in [0.5, 0.6) is 11.5 Å². The number of carbonyl (C=O) groups excluding carboxylic acids is 1. The Labute approximate surface area is 134 Å². The van der Waals surface area contributed by atoms with Gasteiger partial charge in [0.25, 0.3) is 0 Å². The summed E-state index contributed by atoms with van der Waals surface area (Å²) in [6.07, 6.45) is -0.886. The molecule has 0 unspecified atom stereocenters. The Morgan fingerprint density at radius 2 is 1.90 bits per heavy atom. The summed E-state index contributed by atoms with van der Waals surface area (Å²) in [5, 5.41) is 2.12. The Morgan fingerprint density at radius 1 is 1.33 bits per heavy atom. The van der Waals surface area contributed by atoms with Crippen LogP contribution in [0.3, 0.4) is 0 Å². The molecule has 5 nitrogen and oxygen atoms in total. The molecule has 0 aliphatic carbocycles. The molecule has 9 heteroatoms. The van der Waals surface area contributed by atoms with E-state index in [0.29, 0.717) is 16.0 Å². The third-order valence-electron chi connectivity index (χ3n) is 2.89. The molecule has 0 radical (unpaired) electrons. The van der Waals surface area contributed by atoms with Gasteiger partial charge < -0.3 is 19.5 Å². The molecule has 1 aliphatic rings. The molecule has 21 heavy (non-hydrogen) atoms. The number of rotatable bonds is 3. The lowest BCUT2D eigenvalue weighted by atomic mass is 9.99. The minimum atomic E-state index is -3.23. The maximum Gasteiger partial charge on any atom is 0.408 e. The molecule has 1 aromatic carbocycles. The van der Waals surface area contributed by atoms with E-state index in [0.717, 1.165) is 0 Å². The molecule has 1 saturated heterocycles. The largest absolute Gasteiger partial charge is 0.493 e. The van der Waals surface area contributed by atoms with Gasteiger partial charge in [0.15, 0.2) is 18.1 Å². The summed E-state index contributed by atoms with van der Waals surface area (Å²) in [5.74, 6) is -2.54. The Balaban J connectivity index is 0.00000220. The lowest BCUT2D eigenvalue weighted by molar-refractivity contribution is -0.104. The molecular weight excluding hydrogens is 375 g/mol. The summed E-state index contributed by atoms with van der Waals surface area (Å²) in [4.78, 5) is 11.2. The van der Waals surface area contributed by atoms with E-state index in [4.69, 9.17) is 9.47 Å². The number of hydrogen-bond donors (Lipinski definition) is 1. The standard InChI is InChI=1S/C12H12BrF2NO4.ClH/c1-18-8-3-6(7(13)4-9(8)19-2)10-12(14,15)5-20-11(17)16-10;/h3-4,10H,5H2,1-2H3,(H,16,17);1H/t10-;/m0./s1. The first-order valence-corrected chi connectivity index (χ1v) is 6.41. The fraction of sp³-hybridized carbons (Fsp3) is 0.417. The molecule has 1 atom stereocenters. The van der Waals surface area contributed by atoms with Gasteiger partial charge in [0.05, 0.1) is 14.2 Å². The van der Waals surface area contributed by atoms with E-state index < -0.39 is 24.7 Å². The first kappa shape index (κ1) is 17.8. The highest BCUT2D eigenvalue weighted by Gasteiger charge is 2.47. The van der Waals surface area contributed by atoms with Crippen molar-refractivity contribution in [2.75, 3.05) is 20.8 Å². The lowest BCUT2D eigenvalue weighted by Gasteiger charge is -2.32. The average molecular weight is 389 g/mol. The number of cyclic esters (lactones) is 1. The first-order valence-electron chi connectivity index (χ1n) is 5.61. The molecule has 0 aromatic heterocycles. The van der Waals surface area contributed by atoms with Gasteiger partial charge in [0.2, 0.25) is 0 Å². The lowest BCUT2D eigenvalue weighted by Crippen LogP contribution is -2.49. The number of methoxy groups -OCH3 is 2. The highest BCUT2D eigenvalue weighted by molar-refractivity contribution is 9.10. The van der Waals surface area contributed by atoms with Crippen molar-refractivity contribution in [2.45, 2.75) is 12.0 Å². The number of nitrogens with one attached hydrogen (secondary N) is 1. The van der Waals surface area contributed by atoms with Crippen LogP contribution in [-0.4, -0.2) is 32.8 Å². The Kier molecular flexibility index (Phi) is 5.63. The van der Waals surface area contributed by atoms with Crippen molar-refractivity contribution in [2.24, 2.45) is 0 Å². The van der Waals surface area contributed by atoms with Crippen molar-refractivity contribution in [3.8, 4) is 11.5 Å². The van der Waals surface area contributed by atoms with E-state index in [1.165, 1.54) is 26.4 Å². The number of hydrogen-bond acceptors (Lipinski definition) is 4. The van der Waals surface area contributed by atoms with E-state index in [2.05, 4.69) is 26.0 Å². The van der Waals surface area contributed by atoms with Crippen molar-refractivity contribution in [3.05, 3.63) is 22.2 Å². The van der Waals surface area contributed by atoms with E-state index in [1.807, 2.05) is 0 Å². The fourth-order valence-corrected chi connectivity index (χ4v) is 2.46. The molecule has 1 aliphatic heterocycles. The van der Waals surface area contributed by atoms with Crippen LogP contribution < -0.4 is 14.8 Å². The number of alkyl carbamates (subject to hydrolysis) is 1. The van der Waals surface area contributed by atoms with Crippen LogP contribution in [0.1, 0.15) is 11.6 Å². The number of halogens is 4. The maximum atomic E-state index is 13.9. The zero-order valence-electron chi connectivity index (χ0n) is 11.1. The van der Waals surface area contributed by atoms with Gasteiger partial charge >= 0.3 is 12.0 Å².